The first-order valence-electron chi connectivity index (χ1n) is 5.72. The van der Waals surface area contributed by atoms with E-state index < -0.39 is 4.92 Å². The van der Waals surface area contributed by atoms with Crippen molar-refractivity contribution in [1.29, 1.82) is 0 Å². The number of nitro groups is 1. The van der Waals surface area contributed by atoms with Gasteiger partial charge in [0.15, 0.2) is 5.75 Å². The smallest absolute Gasteiger partial charge is 0.333 e. The number of thioether (sulfide) groups is 1. The van der Waals surface area contributed by atoms with Crippen molar-refractivity contribution in [3.8, 4) is 5.75 Å². The van der Waals surface area contributed by atoms with Gasteiger partial charge in [-0.25, -0.2) is 0 Å². The largest absolute Gasteiger partial charge is 0.490 e. The minimum atomic E-state index is -0.403. The molecule has 0 amide bonds. The fraction of sp³-hybridized carbons (Fsp3) is 0.500. The zero-order chi connectivity index (χ0) is 13.2. The van der Waals surface area contributed by atoms with Crippen LogP contribution in [0.1, 0.15) is 12.8 Å². The lowest BCUT2D eigenvalue weighted by Crippen LogP contribution is -2.18. The SMILES string of the molecule is COc1cccc(NCC2(SC)CC2)c1[N+](=O)[O-]. The molecule has 18 heavy (non-hydrogen) atoms. The van der Waals surface area contributed by atoms with Crippen LogP contribution in [0.15, 0.2) is 18.2 Å². The van der Waals surface area contributed by atoms with Gasteiger partial charge >= 0.3 is 5.69 Å². The molecule has 6 heteroatoms. The van der Waals surface area contributed by atoms with Gasteiger partial charge < -0.3 is 10.1 Å². The Hall–Kier alpha value is -1.43. The fourth-order valence-electron chi connectivity index (χ4n) is 1.87. The van der Waals surface area contributed by atoms with Crippen LogP contribution in [-0.2, 0) is 0 Å². The van der Waals surface area contributed by atoms with E-state index in [2.05, 4.69) is 11.6 Å². The molecule has 1 fully saturated rings. The topological polar surface area (TPSA) is 64.4 Å². The number of nitro benzene ring substituents is 1. The number of rotatable bonds is 6. The van der Waals surface area contributed by atoms with E-state index in [-0.39, 0.29) is 10.4 Å². The summed E-state index contributed by atoms with van der Waals surface area (Å²) in [4.78, 5) is 10.7. The number of ether oxygens (including phenoxy) is 1. The lowest BCUT2D eigenvalue weighted by atomic mass is 10.2. The van der Waals surface area contributed by atoms with Crippen LogP contribution in [0.5, 0.6) is 5.75 Å². The van der Waals surface area contributed by atoms with E-state index in [4.69, 9.17) is 4.74 Å². The van der Waals surface area contributed by atoms with Crippen LogP contribution in [0.2, 0.25) is 0 Å². The Labute approximate surface area is 110 Å². The molecule has 98 valence electrons. The summed E-state index contributed by atoms with van der Waals surface area (Å²) < 4.78 is 5.30. The van der Waals surface area contributed by atoms with Crippen molar-refractivity contribution in [2.75, 3.05) is 25.2 Å². The van der Waals surface area contributed by atoms with E-state index in [0.29, 0.717) is 11.4 Å². The highest BCUT2D eigenvalue weighted by Gasteiger charge is 2.42. The summed E-state index contributed by atoms with van der Waals surface area (Å²) in [5.74, 6) is 0.291. The van der Waals surface area contributed by atoms with E-state index in [1.54, 1.807) is 18.2 Å². The third-order valence-corrected chi connectivity index (χ3v) is 4.66. The number of nitrogens with one attached hydrogen (secondary N) is 1. The van der Waals surface area contributed by atoms with Crippen molar-refractivity contribution in [1.82, 2.24) is 0 Å². The Bertz CT molecular complexity index is 461. The molecule has 1 aromatic rings. The molecule has 0 saturated heterocycles. The standard InChI is InChI=1S/C12H16N2O3S/c1-17-10-5-3-4-9(11(10)14(15)16)13-8-12(18-2)6-7-12/h3-5,13H,6-8H2,1-2H3. The number of anilines is 1. The summed E-state index contributed by atoms with van der Waals surface area (Å²) in [5.41, 5.74) is 0.538. The number of hydrogen-bond donors (Lipinski definition) is 1. The molecule has 1 N–H and O–H groups in total. The number of hydrogen-bond acceptors (Lipinski definition) is 5. The van der Waals surface area contributed by atoms with Crippen LogP contribution in [-0.4, -0.2) is 29.6 Å². The summed E-state index contributed by atoms with van der Waals surface area (Å²) in [6.07, 6.45) is 4.41. The summed E-state index contributed by atoms with van der Waals surface area (Å²) in [6.45, 7) is 0.752. The minimum absolute atomic E-state index is 0.0110. The van der Waals surface area contributed by atoms with Crippen LogP contribution in [0.4, 0.5) is 11.4 Å². The zero-order valence-electron chi connectivity index (χ0n) is 10.4. The van der Waals surface area contributed by atoms with Crippen LogP contribution in [0.25, 0.3) is 0 Å². The second-order valence-electron chi connectivity index (χ2n) is 4.35. The normalized spacial score (nSPS) is 16.1. The first kappa shape index (κ1) is 13.0. The highest BCUT2D eigenvalue weighted by Crippen LogP contribution is 2.47. The Morgan fingerprint density at radius 3 is 2.78 bits per heavy atom. The number of methoxy groups -OCH3 is 1. The third kappa shape index (κ3) is 2.53. The molecule has 0 radical (unpaired) electrons. The van der Waals surface area contributed by atoms with Crippen LogP contribution in [0, 0.1) is 10.1 Å². The highest BCUT2D eigenvalue weighted by molar-refractivity contribution is 8.00. The lowest BCUT2D eigenvalue weighted by Gasteiger charge is -2.14. The average molecular weight is 268 g/mol. The Morgan fingerprint density at radius 2 is 2.28 bits per heavy atom. The summed E-state index contributed by atoms with van der Waals surface area (Å²) >= 11 is 1.82. The molecule has 0 bridgehead atoms. The quantitative estimate of drug-likeness (QED) is 0.635. The molecular weight excluding hydrogens is 252 g/mol. The number of benzene rings is 1. The van der Waals surface area contributed by atoms with E-state index >= 15 is 0 Å². The lowest BCUT2D eigenvalue weighted by molar-refractivity contribution is -0.384. The first-order chi connectivity index (χ1) is 8.62. The Balaban J connectivity index is 2.19. The van der Waals surface area contributed by atoms with Crippen LogP contribution in [0.3, 0.4) is 0 Å². The van der Waals surface area contributed by atoms with E-state index in [1.165, 1.54) is 20.0 Å². The Morgan fingerprint density at radius 1 is 1.56 bits per heavy atom. The monoisotopic (exact) mass is 268 g/mol. The first-order valence-corrected chi connectivity index (χ1v) is 6.95. The number of nitrogens with zero attached hydrogens (tertiary/aromatic N) is 1. The highest BCUT2D eigenvalue weighted by atomic mass is 32.2. The van der Waals surface area contributed by atoms with Crippen molar-refractivity contribution in [2.45, 2.75) is 17.6 Å². The summed E-state index contributed by atoms with van der Waals surface area (Å²) in [7, 11) is 1.44. The fourth-order valence-corrected chi connectivity index (χ4v) is 2.59. The van der Waals surface area contributed by atoms with Crippen LogP contribution < -0.4 is 10.1 Å². The van der Waals surface area contributed by atoms with E-state index in [9.17, 15) is 10.1 Å². The van der Waals surface area contributed by atoms with Gasteiger partial charge in [-0.1, -0.05) is 6.07 Å². The van der Waals surface area contributed by atoms with E-state index in [1.807, 2.05) is 11.8 Å². The molecular formula is C12H16N2O3S. The van der Waals surface area contributed by atoms with Crippen molar-refractivity contribution in [3.63, 3.8) is 0 Å². The van der Waals surface area contributed by atoms with Gasteiger partial charge in [-0.3, -0.25) is 10.1 Å². The molecule has 0 unspecified atom stereocenters. The Kier molecular flexibility index (Phi) is 3.65. The van der Waals surface area contributed by atoms with Gasteiger partial charge in [0.2, 0.25) is 0 Å². The predicted molar refractivity (Wildman–Crippen MR) is 73.6 cm³/mol. The maximum atomic E-state index is 11.1. The predicted octanol–water partition coefficient (Wildman–Crippen LogP) is 2.91. The minimum Gasteiger partial charge on any atom is -0.490 e. The molecule has 1 aliphatic rings. The molecule has 0 aromatic heterocycles. The average Bonchev–Trinajstić information content (AvgIpc) is 3.16. The molecule has 5 nitrogen and oxygen atoms in total. The van der Waals surface area contributed by atoms with Gasteiger partial charge in [0.1, 0.15) is 5.69 Å². The van der Waals surface area contributed by atoms with Crippen molar-refractivity contribution in [2.24, 2.45) is 0 Å². The summed E-state index contributed by atoms with van der Waals surface area (Å²) in [6, 6.07) is 5.08. The van der Waals surface area contributed by atoms with Gasteiger partial charge in [0, 0.05) is 11.3 Å². The molecule has 1 aliphatic carbocycles. The van der Waals surface area contributed by atoms with Gasteiger partial charge in [0.25, 0.3) is 0 Å². The molecule has 1 saturated carbocycles. The van der Waals surface area contributed by atoms with Crippen molar-refractivity contribution >= 4 is 23.1 Å². The second kappa shape index (κ2) is 5.06. The zero-order valence-corrected chi connectivity index (χ0v) is 11.3. The maximum absolute atomic E-state index is 11.1. The third-order valence-electron chi connectivity index (χ3n) is 3.24. The molecule has 0 spiro atoms. The molecule has 0 aliphatic heterocycles. The van der Waals surface area contributed by atoms with Gasteiger partial charge in [-0.2, -0.15) is 11.8 Å². The molecule has 2 rings (SSSR count). The number of para-hydroxylation sites is 1. The second-order valence-corrected chi connectivity index (χ2v) is 5.63. The van der Waals surface area contributed by atoms with Crippen molar-refractivity contribution in [3.05, 3.63) is 28.3 Å². The van der Waals surface area contributed by atoms with E-state index in [0.717, 1.165) is 6.54 Å². The van der Waals surface area contributed by atoms with Crippen molar-refractivity contribution < 1.29 is 9.66 Å². The van der Waals surface area contributed by atoms with Crippen LogP contribution >= 0.6 is 11.8 Å². The molecule has 0 atom stereocenters. The maximum Gasteiger partial charge on any atom is 0.333 e. The molecule has 1 aromatic carbocycles. The van der Waals surface area contributed by atoms with Gasteiger partial charge in [-0.05, 0) is 31.2 Å². The summed E-state index contributed by atoms with van der Waals surface area (Å²) in [5, 5.41) is 14.3. The van der Waals surface area contributed by atoms with Gasteiger partial charge in [0.05, 0.1) is 12.0 Å². The molecule has 0 heterocycles. The van der Waals surface area contributed by atoms with Gasteiger partial charge in [-0.15, -0.1) is 0 Å².